The number of benzene rings is 2. The minimum absolute atomic E-state index is 0.483. The first-order valence-corrected chi connectivity index (χ1v) is 6.45. The van der Waals surface area contributed by atoms with Gasteiger partial charge >= 0.3 is 10.3 Å². The first-order chi connectivity index (χ1) is 8.09. The normalized spacial score (nSPS) is 12.3. The lowest BCUT2D eigenvalue weighted by Gasteiger charge is -2.01. The summed E-state index contributed by atoms with van der Waals surface area (Å²) in [5, 5.41) is 1.61. The van der Waals surface area contributed by atoms with Crippen molar-refractivity contribution in [3.63, 3.8) is 0 Å². The lowest BCUT2D eigenvalue weighted by molar-refractivity contribution is 0.476. The van der Waals surface area contributed by atoms with Gasteiger partial charge in [0, 0.05) is 10.8 Å². The molecule has 0 saturated carbocycles. The van der Waals surface area contributed by atoms with Gasteiger partial charge in [-0.1, -0.05) is 36.4 Å². The lowest BCUT2D eigenvalue weighted by Crippen LogP contribution is -2.09. The summed E-state index contributed by atoms with van der Waals surface area (Å²) in [6.07, 6.45) is 0. The van der Waals surface area contributed by atoms with Crippen LogP contribution < -0.4 is 0 Å². The molecular formula is C12H9NO3S. The molecule has 2 aromatic carbocycles. The standard InChI is InChI=1S/C12H9NO3S/c14-17(15,16)13-11-7-3-1-5-9(11)10-6-2-4-8-12(10)13/h1-8H,(H,14,15,16). The molecular weight excluding hydrogens is 238 g/mol. The Bertz CT molecular complexity index is 765. The maximum Gasteiger partial charge on any atom is 0.364 e. The number of nitrogens with zero attached hydrogens (tertiary/aromatic N) is 1. The second-order valence-electron chi connectivity index (χ2n) is 3.78. The van der Waals surface area contributed by atoms with Gasteiger partial charge in [-0.15, -0.1) is 0 Å². The molecule has 0 aliphatic heterocycles. The van der Waals surface area contributed by atoms with Crippen LogP contribution in [0.2, 0.25) is 0 Å². The molecule has 1 N–H and O–H groups in total. The van der Waals surface area contributed by atoms with Gasteiger partial charge in [-0.05, 0) is 12.1 Å². The molecule has 0 aliphatic rings. The number of para-hydroxylation sites is 2. The Morgan fingerprint density at radius 2 is 1.24 bits per heavy atom. The molecule has 4 nitrogen and oxygen atoms in total. The van der Waals surface area contributed by atoms with E-state index in [1.165, 1.54) is 0 Å². The fraction of sp³-hybridized carbons (Fsp3) is 0. The summed E-state index contributed by atoms with van der Waals surface area (Å²) in [6.45, 7) is 0. The van der Waals surface area contributed by atoms with Crippen LogP contribution >= 0.6 is 0 Å². The van der Waals surface area contributed by atoms with Crippen molar-refractivity contribution in [1.29, 1.82) is 0 Å². The number of hydrogen-bond donors (Lipinski definition) is 1. The molecule has 17 heavy (non-hydrogen) atoms. The molecule has 0 bridgehead atoms. The highest BCUT2D eigenvalue weighted by atomic mass is 32.2. The van der Waals surface area contributed by atoms with Crippen LogP contribution in [0.25, 0.3) is 21.8 Å². The molecule has 0 unspecified atom stereocenters. The second kappa shape index (κ2) is 3.32. The van der Waals surface area contributed by atoms with E-state index < -0.39 is 10.3 Å². The topological polar surface area (TPSA) is 59.3 Å². The summed E-state index contributed by atoms with van der Waals surface area (Å²) in [6, 6.07) is 14.2. The molecule has 0 spiro atoms. The molecule has 3 aromatic rings. The Morgan fingerprint density at radius 3 is 1.65 bits per heavy atom. The Hall–Kier alpha value is -1.85. The second-order valence-corrected chi connectivity index (χ2v) is 5.04. The van der Waals surface area contributed by atoms with Crippen LogP contribution in [-0.4, -0.2) is 16.9 Å². The minimum Gasteiger partial charge on any atom is -0.269 e. The van der Waals surface area contributed by atoms with Gasteiger partial charge in [0.05, 0.1) is 11.0 Å². The molecule has 5 heteroatoms. The summed E-state index contributed by atoms with van der Waals surface area (Å²) in [4.78, 5) is 0. The molecule has 0 amide bonds. The predicted octanol–water partition coefficient (Wildman–Crippen LogP) is 2.45. The molecule has 1 aromatic heterocycles. The predicted molar refractivity (Wildman–Crippen MR) is 66.4 cm³/mol. The van der Waals surface area contributed by atoms with Crippen LogP contribution in [0.4, 0.5) is 0 Å². The smallest absolute Gasteiger partial charge is 0.269 e. The Balaban J connectivity index is 2.70. The molecule has 0 fully saturated rings. The van der Waals surface area contributed by atoms with Crippen molar-refractivity contribution in [2.24, 2.45) is 0 Å². The molecule has 0 radical (unpaired) electrons. The lowest BCUT2D eigenvalue weighted by atomic mass is 10.2. The van der Waals surface area contributed by atoms with E-state index in [4.69, 9.17) is 0 Å². The van der Waals surface area contributed by atoms with Gasteiger partial charge in [-0.25, -0.2) is 3.97 Å². The minimum atomic E-state index is -4.30. The highest BCUT2D eigenvalue weighted by Crippen LogP contribution is 2.29. The fourth-order valence-electron chi connectivity index (χ4n) is 2.14. The highest BCUT2D eigenvalue weighted by Gasteiger charge is 2.17. The first-order valence-electron chi connectivity index (χ1n) is 5.05. The number of aromatic nitrogens is 1. The van der Waals surface area contributed by atoms with Gasteiger partial charge in [0.25, 0.3) is 0 Å². The third kappa shape index (κ3) is 1.44. The maximum absolute atomic E-state index is 11.4. The monoisotopic (exact) mass is 247 g/mol. The average molecular weight is 247 g/mol. The van der Waals surface area contributed by atoms with Crippen LogP contribution in [-0.2, 0) is 10.3 Å². The third-order valence-corrected chi connectivity index (χ3v) is 3.62. The average Bonchev–Trinajstić information content (AvgIpc) is 2.63. The molecule has 1 heterocycles. The van der Waals surface area contributed by atoms with Gasteiger partial charge in [0.2, 0.25) is 0 Å². The van der Waals surface area contributed by atoms with Gasteiger partial charge in [0.15, 0.2) is 0 Å². The third-order valence-electron chi connectivity index (χ3n) is 2.77. The Kier molecular flexibility index (Phi) is 2.01. The summed E-state index contributed by atoms with van der Waals surface area (Å²) in [7, 11) is -4.30. The largest absolute Gasteiger partial charge is 0.364 e. The van der Waals surface area contributed by atoms with E-state index in [0.29, 0.717) is 11.0 Å². The van der Waals surface area contributed by atoms with E-state index in [9.17, 15) is 13.0 Å². The molecule has 0 aliphatic carbocycles. The number of rotatable bonds is 1. The molecule has 86 valence electrons. The van der Waals surface area contributed by atoms with Crippen molar-refractivity contribution < 1.29 is 13.0 Å². The van der Waals surface area contributed by atoms with E-state index in [1.54, 1.807) is 24.3 Å². The Morgan fingerprint density at radius 1 is 0.824 bits per heavy atom. The van der Waals surface area contributed by atoms with E-state index in [-0.39, 0.29) is 0 Å². The zero-order valence-corrected chi connectivity index (χ0v) is 9.55. The molecule has 0 atom stereocenters. The number of fused-ring (bicyclic) bond motifs is 3. The summed E-state index contributed by atoms with van der Waals surface area (Å²) in [5.41, 5.74) is 0.965. The van der Waals surface area contributed by atoms with Crippen molar-refractivity contribution in [2.75, 3.05) is 0 Å². The molecule has 3 rings (SSSR count). The SMILES string of the molecule is O=S(=O)(O)n1c2ccccc2c2ccccc21. The fourth-order valence-corrected chi connectivity index (χ4v) is 2.95. The quantitative estimate of drug-likeness (QED) is 0.672. The van der Waals surface area contributed by atoms with Crippen LogP contribution in [0.1, 0.15) is 0 Å². The van der Waals surface area contributed by atoms with Crippen LogP contribution in [0.15, 0.2) is 48.5 Å². The van der Waals surface area contributed by atoms with E-state index in [2.05, 4.69) is 0 Å². The van der Waals surface area contributed by atoms with Crippen molar-refractivity contribution in [1.82, 2.24) is 3.97 Å². The van der Waals surface area contributed by atoms with Gasteiger partial charge in [-0.2, -0.15) is 8.42 Å². The van der Waals surface area contributed by atoms with Crippen LogP contribution in [0.3, 0.4) is 0 Å². The van der Waals surface area contributed by atoms with Gasteiger partial charge in [-0.3, -0.25) is 4.55 Å². The van der Waals surface area contributed by atoms with Gasteiger partial charge < -0.3 is 0 Å². The highest BCUT2D eigenvalue weighted by molar-refractivity contribution is 7.84. The van der Waals surface area contributed by atoms with Crippen molar-refractivity contribution in [2.45, 2.75) is 0 Å². The maximum atomic E-state index is 11.4. The van der Waals surface area contributed by atoms with E-state index in [1.807, 2.05) is 24.3 Å². The van der Waals surface area contributed by atoms with E-state index in [0.717, 1.165) is 14.7 Å². The Labute approximate surface area is 98.0 Å². The molecule has 0 saturated heterocycles. The summed E-state index contributed by atoms with van der Waals surface area (Å²) >= 11 is 0. The van der Waals surface area contributed by atoms with Crippen LogP contribution in [0.5, 0.6) is 0 Å². The number of hydrogen-bond acceptors (Lipinski definition) is 2. The van der Waals surface area contributed by atoms with Gasteiger partial charge in [0.1, 0.15) is 0 Å². The zero-order chi connectivity index (χ0) is 12.0. The van der Waals surface area contributed by atoms with E-state index >= 15 is 0 Å². The zero-order valence-electron chi connectivity index (χ0n) is 8.74. The van der Waals surface area contributed by atoms with Crippen molar-refractivity contribution >= 4 is 32.1 Å². The van der Waals surface area contributed by atoms with Crippen molar-refractivity contribution in [3.8, 4) is 0 Å². The summed E-state index contributed by atoms with van der Waals surface area (Å²) < 4.78 is 33.1. The first kappa shape index (κ1) is 10.3. The summed E-state index contributed by atoms with van der Waals surface area (Å²) in [5.74, 6) is 0. The van der Waals surface area contributed by atoms with Crippen molar-refractivity contribution in [3.05, 3.63) is 48.5 Å². The van der Waals surface area contributed by atoms with Crippen LogP contribution in [0, 0.1) is 0 Å².